The average Bonchev–Trinajstić information content (AvgIpc) is 2.61. The number of nitriles is 3. The predicted molar refractivity (Wildman–Crippen MR) is 93.6 cm³/mol. The summed E-state index contributed by atoms with van der Waals surface area (Å²) in [6.07, 6.45) is 1.98. The molecule has 1 heterocycles. The van der Waals surface area contributed by atoms with Crippen LogP contribution in [0.25, 0.3) is 0 Å². The van der Waals surface area contributed by atoms with E-state index in [1.807, 2.05) is 12.1 Å². The minimum absolute atomic E-state index is 0.116. The van der Waals surface area contributed by atoms with Crippen molar-refractivity contribution in [2.75, 3.05) is 11.5 Å². The molecule has 3 atom stereocenters. The van der Waals surface area contributed by atoms with Crippen LogP contribution in [0.1, 0.15) is 11.5 Å². The molecule has 0 radical (unpaired) electrons. The zero-order valence-corrected chi connectivity index (χ0v) is 14.2. The Balaban J connectivity index is 2.27. The Kier molecular flexibility index (Phi) is 4.37. The lowest BCUT2D eigenvalue weighted by molar-refractivity contribution is 0.378. The Morgan fingerprint density at radius 3 is 2.62 bits per heavy atom. The summed E-state index contributed by atoms with van der Waals surface area (Å²) in [5, 5.41) is 38.2. The molecule has 3 rings (SSSR count). The topological polar surface area (TPSA) is 95.2 Å². The van der Waals surface area contributed by atoms with E-state index in [1.165, 1.54) is 0 Å². The second kappa shape index (κ2) is 6.33. The summed E-state index contributed by atoms with van der Waals surface area (Å²) in [6.45, 7) is 0. The van der Waals surface area contributed by atoms with Gasteiger partial charge in [-0.15, -0.1) is 0 Å². The van der Waals surface area contributed by atoms with Gasteiger partial charge < -0.3 is 5.41 Å². The van der Waals surface area contributed by atoms with Crippen molar-refractivity contribution in [3.05, 3.63) is 46.5 Å². The fourth-order valence-corrected chi connectivity index (χ4v) is 4.97. The maximum Gasteiger partial charge on any atom is 0.189 e. The van der Waals surface area contributed by atoms with E-state index in [0.717, 1.165) is 22.6 Å². The highest BCUT2D eigenvalue weighted by atomic mass is 35.5. The van der Waals surface area contributed by atoms with Gasteiger partial charge in [0.2, 0.25) is 0 Å². The van der Waals surface area contributed by atoms with Crippen LogP contribution in [0.5, 0.6) is 0 Å². The Bertz CT molecular complexity index is 841. The summed E-state index contributed by atoms with van der Waals surface area (Å²) in [7, 11) is 0. The van der Waals surface area contributed by atoms with E-state index in [0.29, 0.717) is 5.02 Å². The number of nitrogens with zero attached hydrogens (tertiary/aromatic N) is 3. The first-order valence-corrected chi connectivity index (χ1v) is 8.96. The largest absolute Gasteiger partial charge is 0.305 e. The summed E-state index contributed by atoms with van der Waals surface area (Å²) in [4.78, 5) is 0. The summed E-state index contributed by atoms with van der Waals surface area (Å²) in [5.74, 6) is 0.0823. The van der Waals surface area contributed by atoms with Crippen LogP contribution in [-0.2, 0) is 0 Å². The lowest BCUT2D eigenvalue weighted by Gasteiger charge is -2.45. The predicted octanol–water partition coefficient (Wildman–Crippen LogP) is 3.92. The van der Waals surface area contributed by atoms with E-state index in [-0.39, 0.29) is 11.6 Å². The molecule has 1 aromatic carbocycles. The standard InChI is InChI=1S/C18H13ClN4S/c19-12-3-1-2-11(6-12)16-15-8-24-5-4-13(15)14(7-20)17(23)18(16,9-21)10-22/h1-4,6,14-16,23H,5,8H2/t14?,15-,16+/m1/s1. The molecule has 1 aliphatic carbocycles. The Hall–Kier alpha value is -2.26. The van der Waals surface area contributed by atoms with Gasteiger partial charge in [0.05, 0.1) is 23.9 Å². The summed E-state index contributed by atoms with van der Waals surface area (Å²) < 4.78 is 0. The van der Waals surface area contributed by atoms with Crippen LogP contribution in [0.2, 0.25) is 5.02 Å². The molecule has 1 saturated carbocycles. The zero-order valence-electron chi connectivity index (χ0n) is 12.7. The van der Waals surface area contributed by atoms with Gasteiger partial charge in [-0.1, -0.05) is 29.8 Å². The van der Waals surface area contributed by atoms with Crippen LogP contribution in [0.15, 0.2) is 35.9 Å². The highest BCUT2D eigenvalue weighted by molar-refractivity contribution is 7.99. The first-order chi connectivity index (χ1) is 11.6. The molecule has 0 saturated heterocycles. The second-order valence-corrected chi connectivity index (χ2v) is 7.40. The fourth-order valence-electron chi connectivity index (χ4n) is 3.69. The lowest BCUT2D eigenvalue weighted by Crippen LogP contribution is -2.49. The number of allylic oxidation sites excluding steroid dienone is 1. The molecule has 1 fully saturated rings. The molecule has 0 spiro atoms. The summed E-state index contributed by atoms with van der Waals surface area (Å²) >= 11 is 7.83. The molecule has 24 heavy (non-hydrogen) atoms. The van der Waals surface area contributed by atoms with Crippen LogP contribution in [0, 0.1) is 56.7 Å². The quantitative estimate of drug-likeness (QED) is 0.775. The number of hydrogen-bond donors (Lipinski definition) is 1. The van der Waals surface area contributed by atoms with Crippen molar-refractivity contribution in [2.45, 2.75) is 5.92 Å². The number of nitrogens with one attached hydrogen (secondary N) is 1. The number of hydrogen-bond acceptors (Lipinski definition) is 5. The molecule has 4 nitrogen and oxygen atoms in total. The van der Waals surface area contributed by atoms with Gasteiger partial charge in [0.15, 0.2) is 5.41 Å². The third-order valence-electron chi connectivity index (χ3n) is 4.77. The maximum absolute atomic E-state index is 9.83. The molecular formula is C18H13ClN4S. The van der Waals surface area contributed by atoms with Gasteiger partial charge in [-0.3, -0.25) is 0 Å². The molecule has 0 amide bonds. The van der Waals surface area contributed by atoms with Crippen molar-refractivity contribution < 1.29 is 0 Å². The van der Waals surface area contributed by atoms with E-state index in [2.05, 4.69) is 18.2 Å². The first-order valence-electron chi connectivity index (χ1n) is 7.43. The van der Waals surface area contributed by atoms with E-state index >= 15 is 0 Å². The second-order valence-electron chi connectivity index (χ2n) is 5.89. The minimum Gasteiger partial charge on any atom is -0.305 e. The highest BCUT2D eigenvalue weighted by Crippen LogP contribution is 2.54. The van der Waals surface area contributed by atoms with Gasteiger partial charge in [0.25, 0.3) is 0 Å². The third kappa shape index (κ3) is 2.31. The summed E-state index contributed by atoms with van der Waals surface area (Å²) in [5.41, 5.74) is -0.128. The monoisotopic (exact) mass is 352 g/mol. The molecule has 1 aromatic rings. The molecule has 6 heteroatoms. The molecule has 0 bridgehead atoms. The molecule has 1 unspecified atom stereocenters. The van der Waals surface area contributed by atoms with Crippen LogP contribution in [0.3, 0.4) is 0 Å². The van der Waals surface area contributed by atoms with Gasteiger partial charge in [0.1, 0.15) is 5.92 Å². The van der Waals surface area contributed by atoms with Crippen molar-refractivity contribution in [1.29, 1.82) is 21.2 Å². The third-order valence-corrected chi connectivity index (χ3v) is 6.00. The zero-order chi connectivity index (χ0) is 17.3. The van der Waals surface area contributed by atoms with Crippen molar-refractivity contribution in [3.8, 4) is 18.2 Å². The first kappa shape index (κ1) is 16.6. The molecule has 0 aromatic heterocycles. The summed E-state index contributed by atoms with van der Waals surface area (Å²) in [6, 6.07) is 13.4. The SMILES string of the molecule is N#CC1C(=N)C(C#N)(C#N)[C@@H](c2cccc(Cl)c2)[C@@H]2CSCC=C12. The minimum atomic E-state index is -1.65. The van der Waals surface area contributed by atoms with E-state index in [1.54, 1.807) is 30.0 Å². The molecule has 2 aliphatic rings. The van der Waals surface area contributed by atoms with E-state index < -0.39 is 17.3 Å². The van der Waals surface area contributed by atoms with Crippen LogP contribution in [0.4, 0.5) is 0 Å². The van der Waals surface area contributed by atoms with E-state index in [9.17, 15) is 15.8 Å². The maximum atomic E-state index is 9.83. The van der Waals surface area contributed by atoms with Crippen LogP contribution < -0.4 is 0 Å². The van der Waals surface area contributed by atoms with Gasteiger partial charge in [-0.2, -0.15) is 27.5 Å². The van der Waals surface area contributed by atoms with E-state index in [4.69, 9.17) is 17.0 Å². The molecule has 118 valence electrons. The van der Waals surface area contributed by atoms with Crippen molar-refractivity contribution in [3.63, 3.8) is 0 Å². The number of halogens is 1. The highest BCUT2D eigenvalue weighted by Gasteiger charge is 2.57. The average molecular weight is 353 g/mol. The molecule has 1 aliphatic heterocycles. The number of rotatable bonds is 1. The fraction of sp³-hybridized carbons (Fsp3) is 0.333. The lowest BCUT2D eigenvalue weighted by atomic mass is 9.55. The van der Waals surface area contributed by atoms with Gasteiger partial charge >= 0.3 is 0 Å². The van der Waals surface area contributed by atoms with Crippen LogP contribution in [-0.4, -0.2) is 17.2 Å². The number of benzene rings is 1. The number of fused-ring (bicyclic) bond motifs is 1. The molecule has 1 N–H and O–H groups in total. The Morgan fingerprint density at radius 2 is 2.00 bits per heavy atom. The smallest absolute Gasteiger partial charge is 0.189 e. The Labute approximate surface area is 149 Å². The van der Waals surface area contributed by atoms with Crippen molar-refractivity contribution in [1.82, 2.24) is 0 Å². The van der Waals surface area contributed by atoms with Gasteiger partial charge in [0, 0.05) is 28.4 Å². The Morgan fingerprint density at radius 1 is 1.25 bits per heavy atom. The van der Waals surface area contributed by atoms with Gasteiger partial charge in [-0.25, -0.2) is 0 Å². The molecular weight excluding hydrogens is 340 g/mol. The van der Waals surface area contributed by atoms with Crippen LogP contribution >= 0.6 is 23.4 Å². The van der Waals surface area contributed by atoms with Crippen molar-refractivity contribution in [2.24, 2.45) is 17.3 Å². The van der Waals surface area contributed by atoms with Gasteiger partial charge in [-0.05, 0) is 23.3 Å². The normalized spacial score (nSPS) is 27.8. The number of thioether (sulfide) groups is 1. The van der Waals surface area contributed by atoms with Crippen molar-refractivity contribution >= 4 is 29.1 Å².